The summed E-state index contributed by atoms with van der Waals surface area (Å²) in [6.45, 7) is 4.30. The van der Waals surface area contributed by atoms with Gasteiger partial charge in [0.2, 0.25) is 0 Å². The first-order valence-electron chi connectivity index (χ1n) is 5.23. The van der Waals surface area contributed by atoms with E-state index in [0.717, 1.165) is 18.3 Å². The van der Waals surface area contributed by atoms with Crippen LogP contribution in [-0.4, -0.2) is 36.2 Å². The van der Waals surface area contributed by atoms with Crippen LogP contribution in [0.2, 0.25) is 0 Å². The van der Waals surface area contributed by atoms with Gasteiger partial charge in [0, 0.05) is 13.2 Å². The van der Waals surface area contributed by atoms with E-state index in [1.807, 2.05) is 0 Å². The molecule has 2 aliphatic rings. The van der Waals surface area contributed by atoms with Gasteiger partial charge in [0.1, 0.15) is 0 Å². The molecule has 2 rings (SSSR count). The lowest BCUT2D eigenvalue weighted by atomic mass is 9.78. The van der Waals surface area contributed by atoms with E-state index in [-0.39, 0.29) is 0 Å². The molecule has 12 heavy (non-hydrogen) atoms. The first-order valence-corrected chi connectivity index (χ1v) is 5.23. The summed E-state index contributed by atoms with van der Waals surface area (Å²) in [4.78, 5) is 2.59. The highest BCUT2D eigenvalue weighted by atomic mass is 16.3. The molecule has 0 amide bonds. The van der Waals surface area contributed by atoms with Gasteiger partial charge in [0.25, 0.3) is 0 Å². The molecule has 2 heteroatoms. The first-order chi connectivity index (χ1) is 5.90. The van der Waals surface area contributed by atoms with E-state index in [1.54, 1.807) is 0 Å². The lowest BCUT2D eigenvalue weighted by Gasteiger charge is -2.42. The standard InChI is InChI=1S/C10H19NO/c12-7-4-9-3-6-11-5-1-2-10(9)8-11/h9-10,12H,1-8H2. The fourth-order valence-electron chi connectivity index (χ4n) is 2.81. The van der Waals surface area contributed by atoms with Crippen molar-refractivity contribution in [1.29, 1.82) is 0 Å². The van der Waals surface area contributed by atoms with Crippen molar-refractivity contribution in [2.24, 2.45) is 11.8 Å². The van der Waals surface area contributed by atoms with Gasteiger partial charge >= 0.3 is 0 Å². The third-order valence-electron chi connectivity index (χ3n) is 3.52. The van der Waals surface area contributed by atoms with Gasteiger partial charge in [0.05, 0.1) is 0 Å². The Morgan fingerprint density at radius 2 is 2.17 bits per heavy atom. The van der Waals surface area contributed by atoms with Crippen molar-refractivity contribution in [3.8, 4) is 0 Å². The van der Waals surface area contributed by atoms with Crippen LogP contribution in [0.15, 0.2) is 0 Å². The van der Waals surface area contributed by atoms with E-state index in [0.29, 0.717) is 6.61 Å². The van der Waals surface area contributed by atoms with Gasteiger partial charge in [-0.25, -0.2) is 0 Å². The van der Waals surface area contributed by atoms with Crippen LogP contribution >= 0.6 is 0 Å². The molecule has 70 valence electrons. The van der Waals surface area contributed by atoms with Crippen molar-refractivity contribution in [3.05, 3.63) is 0 Å². The molecule has 3 unspecified atom stereocenters. The second-order valence-electron chi connectivity index (χ2n) is 4.26. The number of aliphatic hydroxyl groups excluding tert-OH is 1. The number of piperidine rings is 2. The van der Waals surface area contributed by atoms with Crippen LogP contribution in [0.25, 0.3) is 0 Å². The molecule has 2 saturated heterocycles. The zero-order valence-corrected chi connectivity index (χ0v) is 7.71. The molecule has 3 atom stereocenters. The molecule has 0 spiro atoms. The van der Waals surface area contributed by atoms with Crippen LogP contribution in [0, 0.1) is 11.8 Å². The van der Waals surface area contributed by atoms with Gasteiger partial charge in [-0.3, -0.25) is 0 Å². The maximum absolute atomic E-state index is 8.90. The third-order valence-corrected chi connectivity index (χ3v) is 3.52. The van der Waals surface area contributed by atoms with Crippen LogP contribution in [0.5, 0.6) is 0 Å². The Morgan fingerprint density at radius 1 is 1.25 bits per heavy atom. The lowest BCUT2D eigenvalue weighted by Crippen LogP contribution is -2.44. The number of hydrogen-bond donors (Lipinski definition) is 1. The Morgan fingerprint density at radius 3 is 3.00 bits per heavy atom. The molecule has 2 nitrogen and oxygen atoms in total. The summed E-state index contributed by atoms with van der Waals surface area (Å²) < 4.78 is 0. The molecule has 0 radical (unpaired) electrons. The second-order valence-corrected chi connectivity index (χ2v) is 4.26. The van der Waals surface area contributed by atoms with Crippen molar-refractivity contribution in [2.75, 3.05) is 26.2 Å². The van der Waals surface area contributed by atoms with E-state index >= 15 is 0 Å². The molecule has 0 aromatic rings. The van der Waals surface area contributed by atoms with Crippen molar-refractivity contribution in [3.63, 3.8) is 0 Å². The minimum atomic E-state index is 0.390. The zero-order chi connectivity index (χ0) is 8.39. The van der Waals surface area contributed by atoms with E-state index in [2.05, 4.69) is 4.90 Å². The maximum Gasteiger partial charge on any atom is 0.0433 e. The number of rotatable bonds is 2. The number of hydrogen-bond acceptors (Lipinski definition) is 2. The molecular weight excluding hydrogens is 150 g/mol. The third kappa shape index (κ3) is 1.64. The smallest absolute Gasteiger partial charge is 0.0433 e. The largest absolute Gasteiger partial charge is 0.396 e. The first kappa shape index (κ1) is 8.52. The lowest BCUT2D eigenvalue weighted by molar-refractivity contribution is 0.0606. The predicted octanol–water partition coefficient (Wildman–Crippen LogP) is 1.10. The Balaban J connectivity index is 1.90. The summed E-state index contributed by atoms with van der Waals surface area (Å²) in [5, 5.41) is 8.90. The molecule has 2 fully saturated rings. The SMILES string of the molecule is OCCC1CCN2CCCC1C2. The molecular formula is C10H19NO. The van der Waals surface area contributed by atoms with Crippen LogP contribution in [0.3, 0.4) is 0 Å². The van der Waals surface area contributed by atoms with Gasteiger partial charge in [-0.05, 0) is 50.6 Å². The van der Waals surface area contributed by atoms with Crippen molar-refractivity contribution in [2.45, 2.75) is 25.7 Å². The quantitative estimate of drug-likeness (QED) is 0.669. The number of nitrogens with zero attached hydrogens (tertiary/aromatic N) is 1. The second kappa shape index (κ2) is 3.75. The Labute approximate surface area is 74.6 Å². The van der Waals surface area contributed by atoms with Crippen molar-refractivity contribution < 1.29 is 5.11 Å². The van der Waals surface area contributed by atoms with Gasteiger partial charge < -0.3 is 10.0 Å². The van der Waals surface area contributed by atoms with Crippen LogP contribution in [0.4, 0.5) is 0 Å². The Kier molecular flexibility index (Phi) is 2.66. The maximum atomic E-state index is 8.90. The van der Waals surface area contributed by atoms with Gasteiger partial charge in [-0.1, -0.05) is 0 Å². The van der Waals surface area contributed by atoms with Gasteiger partial charge in [-0.15, -0.1) is 0 Å². The van der Waals surface area contributed by atoms with E-state index < -0.39 is 0 Å². The molecule has 0 aliphatic carbocycles. The average molecular weight is 169 g/mol. The fourth-order valence-corrected chi connectivity index (χ4v) is 2.81. The molecule has 0 saturated carbocycles. The molecule has 0 aromatic heterocycles. The van der Waals surface area contributed by atoms with Gasteiger partial charge in [-0.2, -0.15) is 0 Å². The molecule has 2 heterocycles. The number of fused-ring (bicyclic) bond motifs is 2. The molecule has 1 N–H and O–H groups in total. The number of aliphatic hydroxyl groups is 1. The van der Waals surface area contributed by atoms with Crippen molar-refractivity contribution in [1.82, 2.24) is 4.90 Å². The van der Waals surface area contributed by atoms with Crippen LogP contribution in [0.1, 0.15) is 25.7 Å². The van der Waals surface area contributed by atoms with E-state index in [1.165, 1.54) is 38.9 Å². The summed E-state index contributed by atoms with van der Waals surface area (Å²) in [6, 6.07) is 0. The Bertz CT molecular complexity index is 147. The fraction of sp³-hybridized carbons (Fsp3) is 1.00. The molecule has 2 bridgehead atoms. The monoisotopic (exact) mass is 169 g/mol. The van der Waals surface area contributed by atoms with Crippen LogP contribution in [-0.2, 0) is 0 Å². The highest BCUT2D eigenvalue weighted by Gasteiger charge is 2.31. The highest BCUT2D eigenvalue weighted by molar-refractivity contribution is 4.83. The summed E-state index contributed by atoms with van der Waals surface area (Å²) in [5.74, 6) is 1.73. The summed E-state index contributed by atoms with van der Waals surface area (Å²) in [7, 11) is 0. The highest BCUT2D eigenvalue weighted by Crippen LogP contribution is 2.32. The minimum absolute atomic E-state index is 0.390. The van der Waals surface area contributed by atoms with E-state index in [9.17, 15) is 0 Å². The van der Waals surface area contributed by atoms with E-state index in [4.69, 9.17) is 5.11 Å². The topological polar surface area (TPSA) is 23.5 Å². The zero-order valence-electron chi connectivity index (χ0n) is 7.71. The molecule has 0 aromatic carbocycles. The predicted molar refractivity (Wildman–Crippen MR) is 49.0 cm³/mol. The summed E-state index contributed by atoms with van der Waals surface area (Å²) in [6.07, 6.45) is 5.15. The summed E-state index contributed by atoms with van der Waals surface area (Å²) in [5.41, 5.74) is 0. The molecule has 2 aliphatic heterocycles. The summed E-state index contributed by atoms with van der Waals surface area (Å²) >= 11 is 0. The van der Waals surface area contributed by atoms with Crippen LogP contribution < -0.4 is 0 Å². The average Bonchev–Trinajstić information content (AvgIpc) is 2.11. The van der Waals surface area contributed by atoms with Crippen molar-refractivity contribution >= 4 is 0 Å². The normalized spacial score (nSPS) is 41.2. The Hall–Kier alpha value is -0.0800. The van der Waals surface area contributed by atoms with Gasteiger partial charge in [0.15, 0.2) is 0 Å². The minimum Gasteiger partial charge on any atom is -0.396 e.